The van der Waals surface area contributed by atoms with Crippen LogP contribution in [0.2, 0.25) is 0 Å². The van der Waals surface area contributed by atoms with Gasteiger partial charge >= 0.3 is 0 Å². The molecule has 18 heavy (non-hydrogen) atoms. The summed E-state index contributed by atoms with van der Waals surface area (Å²) < 4.78 is 15.0. The Bertz CT molecular complexity index is 564. The molecule has 0 aliphatic rings. The second-order valence-electron chi connectivity index (χ2n) is 4.13. The SMILES string of the molecule is Cc1cc(F)cc(C(O)c2ccc(Br)cc2Br)c1. The number of hydrogen-bond donors (Lipinski definition) is 1. The molecule has 0 bridgehead atoms. The van der Waals surface area contributed by atoms with Crippen LogP contribution in [-0.4, -0.2) is 5.11 Å². The summed E-state index contributed by atoms with van der Waals surface area (Å²) in [4.78, 5) is 0. The van der Waals surface area contributed by atoms with E-state index in [0.717, 1.165) is 14.5 Å². The number of aryl methyl sites for hydroxylation is 1. The predicted molar refractivity (Wildman–Crippen MR) is 77.0 cm³/mol. The van der Waals surface area contributed by atoms with Crippen LogP contribution in [0.4, 0.5) is 4.39 Å². The quantitative estimate of drug-likeness (QED) is 0.805. The van der Waals surface area contributed by atoms with Crippen LogP contribution in [0.3, 0.4) is 0 Å². The lowest BCUT2D eigenvalue weighted by molar-refractivity contribution is 0.219. The minimum absolute atomic E-state index is 0.336. The molecule has 0 saturated heterocycles. The first-order chi connectivity index (χ1) is 8.47. The molecule has 0 aliphatic heterocycles. The van der Waals surface area contributed by atoms with E-state index in [1.165, 1.54) is 12.1 Å². The molecule has 94 valence electrons. The number of aliphatic hydroxyl groups excluding tert-OH is 1. The van der Waals surface area contributed by atoms with Gasteiger partial charge in [0.05, 0.1) is 0 Å². The van der Waals surface area contributed by atoms with Gasteiger partial charge < -0.3 is 5.11 Å². The summed E-state index contributed by atoms with van der Waals surface area (Å²) in [5.41, 5.74) is 2.05. The van der Waals surface area contributed by atoms with Gasteiger partial charge in [0.2, 0.25) is 0 Å². The largest absolute Gasteiger partial charge is 0.384 e. The lowest BCUT2D eigenvalue weighted by Crippen LogP contribution is -2.02. The normalized spacial score (nSPS) is 12.5. The fourth-order valence-corrected chi connectivity index (χ4v) is 3.09. The van der Waals surface area contributed by atoms with E-state index in [-0.39, 0.29) is 5.82 Å². The van der Waals surface area contributed by atoms with Crippen molar-refractivity contribution >= 4 is 31.9 Å². The zero-order valence-corrected chi connectivity index (χ0v) is 12.8. The minimum atomic E-state index is -0.845. The fourth-order valence-electron chi connectivity index (χ4n) is 1.83. The number of benzene rings is 2. The molecule has 0 fully saturated rings. The van der Waals surface area contributed by atoms with Gasteiger partial charge in [-0.2, -0.15) is 0 Å². The Kier molecular flexibility index (Phi) is 4.20. The van der Waals surface area contributed by atoms with Crippen LogP contribution >= 0.6 is 31.9 Å². The first kappa shape index (κ1) is 13.7. The summed E-state index contributed by atoms with van der Waals surface area (Å²) in [7, 11) is 0. The van der Waals surface area contributed by atoms with Gasteiger partial charge in [0, 0.05) is 8.95 Å². The van der Waals surface area contributed by atoms with E-state index in [1.807, 2.05) is 12.1 Å². The van der Waals surface area contributed by atoms with E-state index in [0.29, 0.717) is 11.1 Å². The minimum Gasteiger partial charge on any atom is -0.384 e. The zero-order valence-electron chi connectivity index (χ0n) is 9.62. The highest BCUT2D eigenvalue weighted by Gasteiger charge is 2.15. The highest BCUT2D eigenvalue weighted by Crippen LogP contribution is 2.31. The summed E-state index contributed by atoms with van der Waals surface area (Å²) >= 11 is 6.75. The zero-order chi connectivity index (χ0) is 13.3. The second-order valence-corrected chi connectivity index (χ2v) is 5.90. The van der Waals surface area contributed by atoms with Gasteiger partial charge in [-0.15, -0.1) is 0 Å². The molecule has 0 aliphatic carbocycles. The summed E-state index contributed by atoms with van der Waals surface area (Å²) in [5, 5.41) is 10.3. The van der Waals surface area contributed by atoms with E-state index in [2.05, 4.69) is 31.9 Å². The van der Waals surface area contributed by atoms with Gasteiger partial charge in [0.25, 0.3) is 0 Å². The molecule has 1 N–H and O–H groups in total. The summed E-state index contributed by atoms with van der Waals surface area (Å²) in [6, 6.07) is 10.1. The Hall–Kier alpha value is -0.710. The molecule has 0 aromatic heterocycles. The summed E-state index contributed by atoms with van der Waals surface area (Å²) in [5.74, 6) is -0.336. The average Bonchev–Trinajstić information content (AvgIpc) is 2.26. The van der Waals surface area contributed by atoms with Gasteiger partial charge in [-0.05, 0) is 47.9 Å². The lowest BCUT2D eigenvalue weighted by atomic mass is 10.00. The summed E-state index contributed by atoms with van der Waals surface area (Å²) in [6.07, 6.45) is -0.845. The average molecular weight is 374 g/mol. The number of rotatable bonds is 2. The van der Waals surface area contributed by atoms with Crippen LogP contribution in [0, 0.1) is 12.7 Å². The third-order valence-electron chi connectivity index (χ3n) is 2.64. The van der Waals surface area contributed by atoms with Crippen LogP contribution in [0.15, 0.2) is 45.3 Å². The first-order valence-electron chi connectivity index (χ1n) is 5.37. The molecule has 2 aromatic rings. The molecular weight excluding hydrogens is 363 g/mol. The molecule has 4 heteroatoms. The van der Waals surface area contributed by atoms with Gasteiger partial charge in [-0.3, -0.25) is 0 Å². The standard InChI is InChI=1S/C14H11Br2FO/c1-8-4-9(6-11(17)5-8)14(18)12-3-2-10(15)7-13(12)16/h2-7,14,18H,1H3. The summed E-state index contributed by atoms with van der Waals surface area (Å²) in [6.45, 7) is 1.80. The highest BCUT2D eigenvalue weighted by molar-refractivity contribution is 9.11. The maximum Gasteiger partial charge on any atom is 0.123 e. The fraction of sp³-hybridized carbons (Fsp3) is 0.143. The molecule has 1 unspecified atom stereocenters. The molecule has 0 heterocycles. The number of aliphatic hydroxyl groups is 1. The van der Waals surface area contributed by atoms with E-state index >= 15 is 0 Å². The van der Waals surface area contributed by atoms with Crippen LogP contribution in [0.1, 0.15) is 22.8 Å². The van der Waals surface area contributed by atoms with Gasteiger partial charge in [-0.25, -0.2) is 4.39 Å². The number of halogens is 3. The molecule has 0 radical (unpaired) electrons. The van der Waals surface area contributed by atoms with Gasteiger partial charge in [-0.1, -0.05) is 44.0 Å². The number of hydrogen-bond acceptors (Lipinski definition) is 1. The molecule has 0 amide bonds. The lowest BCUT2D eigenvalue weighted by Gasteiger charge is -2.14. The van der Waals surface area contributed by atoms with Crippen LogP contribution in [0.5, 0.6) is 0 Å². The van der Waals surface area contributed by atoms with Gasteiger partial charge in [0.1, 0.15) is 11.9 Å². The molecule has 1 atom stereocenters. The Morgan fingerprint density at radius 1 is 1.11 bits per heavy atom. The van der Waals surface area contributed by atoms with Crippen LogP contribution in [0.25, 0.3) is 0 Å². The second kappa shape index (κ2) is 5.51. The smallest absolute Gasteiger partial charge is 0.123 e. The van der Waals surface area contributed by atoms with Crippen molar-refractivity contribution in [3.63, 3.8) is 0 Å². The van der Waals surface area contributed by atoms with Crippen molar-refractivity contribution in [3.8, 4) is 0 Å². The Balaban J connectivity index is 2.44. The molecule has 1 nitrogen and oxygen atoms in total. The third-order valence-corrected chi connectivity index (χ3v) is 3.82. The van der Waals surface area contributed by atoms with E-state index in [1.54, 1.807) is 19.1 Å². The van der Waals surface area contributed by atoms with Crippen LogP contribution in [-0.2, 0) is 0 Å². The first-order valence-corrected chi connectivity index (χ1v) is 6.96. The van der Waals surface area contributed by atoms with Crippen molar-refractivity contribution in [2.75, 3.05) is 0 Å². The van der Waals surface area contributed by atoms with E-state index < -0.39 is 6.10 Å². The molecule has 2 rings (SSSR count). The Morgan fingerprint density at radius 3 is 2.44 bits per heavy atom. The van der Waals surface area contributed by atoms with Crippen molar-refractivity contribution in [1.29, 1.82) is 0 Å². The van der Waals surface area contributed by atoms with E-state index in [9.17, 15) is 9.50 Å². The van der Waals surface area contributed by atoms with Crippen molar-refractivity contribution in [1.82, 2.24) is 0 Å². The molecule has 2 aromatic carbocycles. The highest BCUT2D eigenvalue weighted by atomic mass is 79.9. The van der Waals surface area contributed by atoms with Crippen LogP contribution < -0.4 is 0 Å². The third kappa shape index (κ3) is 2.99. The maximum atomic E-state index is 13.3. The van der Waals surface area contributed by atoms with Crippen molar-refractivity contribution in [2.24, 2.45) is 0 Å². The Labute approximate surface area is 122 Å². The maximum absolute atomic E-state index is 13.3. The van der Waals surface area contributed by atoms with Crippen molar-refractivity contribution in [2.45, 2.75) is 13.0 Å². The van der Waals surface area contributed by atoms with Crippen molar-refractivity contribution < 1.29 is 9.50 Å². The monoisotopic (exact) mass is 372 g/mol. The molecular formula is C14H11Br2FO. The predicted octanol–water partition coefficient (Wildman–Crippen LogP) is 4.74. The molecule has 0 spiro atoms. The van der Waals surface area contributed by atoms with E-state index in [4.69, 9.17) is 0 Å². The topological polar surface area (TPSA) is 20.2 Å². The van der Waals surface area contributed by atoms with Crippen molar-refractivity contribution in [3.05, 3.63) is 67.9 Å². The van der Waals surface area contributed by atoms with Gasteiger partial charge in [0.15, 0.2) is 0 Å². The molecule has 0 saturated carbocycles. The Morgan fingerprint density at radius 2 is 1.83 bits per heavy atom.